The summed E-state index contributed by atoms with van der Waals surface area (Å²) in [4.78, 5) is 35.7. The number of rotatable bonds is 6. The van der Waals surface area contributed by atoms with E-state index in [-0.39, 0.29) is 11.4 Å². The van der Waals surface area contributed by atoms with Crippen molar-refractivity contribution < 1.29 is 37.0 Å². The van der Waals surface area contributed by atoms with Crippen LogP contribution < -0.4 is 25.4 Å². The maximum Gasteiger partial charge on any atom is 0.416 e. The summed E-state index contributed by atoms with van der Waals surface area (Å²) in [6.45, 7) is -0.560. The van der Waals surface area contributed by atoms with Gasteiger partial charge in [-0.25, -0.2) is 0 Å². The van der Waals surface area contributed by atoms with Gasteiger partial charge in [-0.05, 0) is 30.3 Å². The molecule has 0 aliphatic rings. The van der Waals surface area contributed by atoms with Gasteiger partial charge >= 0.3 is 18.0 Å². The smallest absolute Gasteiger partial charge is 0.416 e. The number of carbonyl (C=O) groups is 3. The summed E-state index contributed by atoms with van der Waals surface area (Å²) < 4.78 is 48.3. The molecule has 0 heterocycles. The lowest BCUT2D eigenvalue weighted by Gasteiger charge is -2.12. The Labute approximate surface area is 169 Å². The summed E-state index contributed by atoms with van der Waals surface area (Å²) >= 11 is 0. The molecule has 0 aliphatic carbocycles. The molecule has 8 nitrogen and oxygen atoms in total. The number of hydrogen-bond acceptors (Lipinski definition) is 5. The third-order valence-electron chi connectivity index (χ3n) is 3.74. The monoisotopic (exact) mass is 425 g/mol. The number of carbonyl (C=O) groups excluding carboxylic acids is 3. The zero-order valence-electron chi connectivity index (χ0n) is 15.9. The number of alkyl halides is 3. The van der Waals surface area contributed by atoms with Gasteiger partial charge in [0.1, 0.15) is 11.5 Å². The van der Waals surface area contributed by atoms with E-state index in [4.69, 9.17) is 9.47 Å². The molecule has 0 fully saturated rings. The van der Waals surface area contributed by atoms with E-state index in [0.717, 1.165) is 12.1 Å². The van der Waals surface area contributed by atoms with Crippen LogP contribution in [0.3, 0.4) is 0 Å². The fourth-order valence-corrected chi connectivity index (χ4v) is 2.31. The lowest BCUT2D eigenvalue weighted by Crippen LogP contribution is -2.39. The van der Waals surface area contributed by atoms with Crippen molar-refractivity contribution in [2.75, 3.05) is 31.4 Å². The molecule has 0 saturated carbocycles. The molecule has 0 saturated heterocycles. The summed E-state index contributed by atoms with van der Waals surface area (Å²) in [5.41, 5.74) is -0.910. The third-order valence-corrected chi connectivity index (χ3v) is 3.74. The van der Waals surface area contributed by atoms with E-state index < -0.39 is 36.0 Å². The topological polar surface area (TPSA) is 106 Å². The van der Waals surface area contributed by atoms with Gasteiger partial charge in [0, 0.05) is 11.8 Å². The van der Waals surface area contributed by atoms with Crippen LogP contribution in [0.1, 0.15) is 5.56 Å². The third kappa shape index (κ3) is 6.12. The van der Waals surface area contributed by atoms with Crippen LogP contribution in [0.15, 0.2) is 42.5 Å². The van der Waals surface area contributed by atoms with Crippen molar-refractivity contribution in [3.63, 3.8) is 0 Å². The van der Waals surface area contributed by atoms with Crippen LogP contribution >= 0.6 is 0 Å². The summed E-state index contributed by atoms with van der Waals surface area (Å²) in [7, 11) is 2.84. The number of ether oxygens (including phenoxy) is 2. The number of anilines is 2. The van der Waals surface area contributed by atoms with E-state index in [0.29, 0.717) is 17.6 Å². The van der Waals surface area contributed by atoms with Crippen molar-refractivity contribution in [1.82, 2.24) is 5.32 Å². The van der Waals surface area contributed by atoms with Crippen molar-refractivity contribution in [2.45, 2.75) is 6.18 Å². The molecule has 0 atom stereocenters. The van der Waals surface area contributed by atoms with Crippen LogP contribution in [0.4, 0.5) is 24.5 Å². The van der Waals surface area contributed by atoms with Crippen molar-refractivity contribution >= 4 is 29.1 Å². The average Bonchev–Trinajstić information content (AvgIpc) is 2.71. The minimum Gasteiger partial charge on any atom is -0.497 e. The summed E-state index contributed by atoms with van der Waals surface area (Å²) in [5.74, 6) is -2.28. The number of methoxy groups -OCH3 is 2. The first kappa shape index (κ1) is 22.5. The number of hydrogen-bond donors (Lipinski definition) is 3. The van der Waals surface area contributed by atoms with E-state index >= 15 is 0 Å². The van der Waals surface area contributed by atoms with Gasteiger partial charge < -0.3 is 25.4 Å². The van der Waals surface area contributed by atoms with Gasteiger partial charge in [0.2, 0.25) is 5.91 Å². The van der Waals surface area contributed by atoms with Crippen molar-refractivity contribution in [3.05, 3.63) is 48.0 Å². The Morgan fingerprint density at radius 1 is 0.933 bits per heavy atom. The summed E-state index contributed by atoms with van der Waals surface area (Å²) in [6.07, 6.45) is -4.59. The predicted octanol–water partition coefficient (Wildman–Crippen LogP) is 2.42. The zero-order valence-corrected chi connectivity index (χ0v) is 15.9. The zero-order chi connectivity index (χ0) is 22.3. The highest BCUT2D eigenvalue weighted by Crippen LogP contribution is 2.31. The number of nitrogens with one attached hydrogen (secondary N) is 3. The van der Waals surface area contributed by atoms with Crippen LogP contribution in [0.2, 0.25) is 0 Å². The molecule has 160 valence electrons. The lowest BCUT2D eigenvalue weighted by molar-refractivity contribution is -0.137. The predicted molar refractivity (Wildman–Crippen MR) is 101 cm³/mol. The molecule has 11 heteroatoms. The SMILES string of the molecule is COc1ccc(OC)c(NC(=O)CNC(=O)C(=O)Nc2cccc(C(F)(F)F)c2)c1. The Morgan fingerprint density at radius 2 is 1.67 bits per heavy atom. The highest BCUT2D eigenvalue weighted by molar-refractivity contribution is 6.39. The van der Waals surface area contributed by atoms with Crippen molar-refractivity contribution in [3.8, 4) is 11.5 Å². The highest BCUT2D eigenvalue weighted by atomic mass is 19.4. The van der Waals surface area contributed by atoms with Gasteiger partial charge in [-0.2, -0.15) is 13.2 Å². The molecule has 2 aromatic rings. The van der Waals surface area contributed by atoms with E-state index in [1.165, 1.54) is 26.4 Å². The summed E-state index contributed by atoms with van der Waals surface area (Å²) in [5, 5.41) is 6.61. The average molecular weight is 425 g/mol. The van der Waals surface area contributed by atoms with Gasteiger partial charge in [0.25, 0.3) is 0 Å². The Kier molecular flexibility index (Phi) is 7.23. The molecule has 2 aromatic carbocycles. The van der Waals surface area contributed by atoms with E-state index in [9.17, 15) is 27.6 Å². The van der Waals surface area contributed by atoms with Crippen molar-refractivity contribution in [1.29, 1.82) is 0 Å². The van der Waals surface area contributed by atoms with Crippen LogP contribution in [0.25, 0.3) is 0 Å². The fraction of sp³-hybridized carbons (Fsp3) is 0.211. The van der Waals surface area contributed by atoms with Gasteiger partial charge in [-0.1, -0.05) is 6.07 Å². The molecule has 0 spiro atoms. The molecular formula is C19H18F3N3O5. The number of amides is 3. The normalized spacial score (nSPS) is 10.7. The van der Waals surface area contributed by atoms with Crippen LogP contribution in [-0.4, -0.2) is 38.5 Å². The maximum atomic E-state index is 12.7. The minimum absolute atomic E-state index is 0.212. The second-order valence-corrected chi connectivity index (χ2v) is 5.83. The van der Waals surface area contributed by atoms with E-state index in [1.807, 2.05) is 5.32 Å². The molecule has 0 aliphatic heterocycles. The lowest BCUT2D eigenvalue weighted by atomic mass is 10.2. The highest BCUT2D eigenvalue weighted by Gasteiger charge is 2.30. The first-order valence-corrected chi connectivity index (χ1v) is 8.42. The Bertz CT molecular complexity index is 947. The first-order chi connectivity index (χ1) is 14.1. The van der Waals surface area contributed by atoms with Gasteiger partial charge in [-0.3, -0.25) is 14.4 Å². The largest absolute Gasteiger partial charge is 0.497 e. The first-order valence-electron chi connectivity index (χ1n) is 8.42. The van der Waals surface area contributed by atoms with Gasteiger partial charge in [-0.15, -0.1) is 0 Å². The standard InChI is InChI=1S/C19H18F3N3O5/c1-29-13-6-7-15(30-2)14(9-13)25-16(26)10-23-17(27)18(28)24-12-5-3-4-11(8-12)19(20,21)22/h3-9H,10H2,1-2H3,(H,23,27)(H,24,28)(H,25,26). The molecular weight excluding hydrogens is 407 g/mol. The molecule has 30 heavy (non-hydrogen) atoms. The van der Waals surface area contributed by atoms with Gasteiger partial charge in [0.05, 0.1) is 32.0 Å². The van der Waals surface area contributed by atoms with E-state index in [2.05, 4.69) is 10.6 Å². The molecule has 0 unspecified atom stereocenters. The summed E-state index contributed by atoms with van der Waals surface area (Å²) in [6, 6.07) is 8.48. The maximum absolute atomic E-state index is 12.7. The molecule has 0 bridgehead atoms. The second-order valence-electron chi connectivity index (χ2n) is 5.83. The van der Waals surface area contributed by atoms with Crippen LogP contribution in [0, 0.1) is 0 Å². The number of halogens is 3. The van der Waals surface area contributed by atoms with Crippen LogP contribution in [-0.2, 0) is 20.6 Å². The van der Waals surface area contributed by atoms with E-state index in [1.54, 1.807) is 12.1 Å². The van der Waals surface area contributed by atoms with Crippen molar-refractivity contribution in [2.24, 2.45) is 0 Å². The Morgan fingerprint density at radius 3 is 2.30 bits per heavy atom. The fourth-order valence-electron chi connectivity index (χ4n) is 2.31. The number of benzene rings is 2. The molecule has 3 N–H and O–H groups in total. The molecule has 0 aromatic heterocycles. The van der Waals surface area contributed by atoms with Gasteiger partial charge in [0.15, 0.2) is 0 Å². The molecule has 0 radical (unpaired) electrons. The Hall–Kier alpha value is -3.76. The van der Waals surface area contributed by atoms with Crippen LogP contribution in [0.5, 0.6) is 11.5 Å². The minimum atomic E-state index is -4.59. The quantitative estimate of drug-likeness (QED) is 0.617. The molecule has 3 amide bonds. The second kappa shape index (κ2) is 9.63. The molecule has 2 rings (SSSR count). The Balaban J connectivity index is 1.92.